The van der Waals surface area contributed by atoms with Gasteiger partial charge in [-0.1, -0.05) is 30.3 Å². The van der Waals surface area contributed by atoms with Crippen LogP contribution in [0.15, 0.2) is 30.3 Å². The molecule has 15 heavy (non-hydrogen) atoms. The number of benzene rings is 1. The van der Waals surface area contributed by atoms with Crippen molar-refractivity contribution in [1.29, 1.82) is 0 Å². The quantitative estimate of drug-likeness (QED) is 0.755. The van der Waals surface area contributed by atoms with Gasteiger partial charge in [-0.3, -0.25) is 0 Å². The molecule has 0 N–H and O–H groups in total. The Kier molecular flexibility index (Phi) is 4.20. The summed E-state index contributed by atoms with van der Waals surface area (Å²) in [7, 11) is -3.17. The van der Waals surface area contributed by atoms with Gasteiger partial charge in [-0.25, -0.2) is 0 Å². The number of halogens is 3. The number of hydrogen-bond donors (Lipinski definition) is 0. The largest absolute Gasteiger partial charge is 0.706 e. The molecule has 1 rings (SSSR count). The van der Waals surface area contributed by atoms with Gasteiger partial charge in [0, 0.05) is 4.57 Å². The van der Waals surface area contributed by atoms with Crippen molar-refractivity contribution in [3.05, 3.63) is 35.9 Å². The lowest BCUT2D eigenvalue weighted by Crippen LogP contribution is -2.08. The Morgan fingerprint density at radius 3 is 2.33 bits per heavy atom. The zero-order chi connectivity index (χ0) is 11.3. The van der Waals surface area contributed by atoms with Crippen molar-refractivity contribution >= 4 is 8.25 Å². The Morgan fingerprint density at radius 1 is 1.20 bits per heavy atom. The van der Waals surface area contributed by atoms with Crippen LogP contribution in [0, 0.1) is 0 Å². The van der Waals surface area contributed by atoms with E-state index in [0.29, 0.717) is 5.56 Å². The van der Waals surface area contributed by atoms with Crippen molar-refractivity contribution in [2.45, 2.75) is 13.0 Å². The van der Waals surface area contributed by atoms with Gasteiger partial charge in [-0.2, -0.15) is 0 Å². The van der Waals surface area contributed by atoms with Crippen LogP contribution < -0.4 is 0 Å². The Bertz CT molecular complexity index is 326. The lowest BCUT2D eigenvalue weighted by Gasteiger charge is -1.95. The lowest BCUT2D eigenvalue weighted by atomic mass is 10.2. The maximum Gasteiger partial charge on any atom is 0.706 e. The highest BCUT2D eigenvalue weighted by atomic mass is 31.1. The van der Waals surface area contributed by atoms with Gasteiger partial charge in [0.05, 0.1) is 0 Å². The fraction of sp³-hybridized carbons (Fsp3) is 0.250. The van der Waals surface area contributed by atoms with Gasteiger partial charge in [0.15, 0.2) is 0 Å². The van der Waals surface area contributed by atoms with E-state index in [1.165, 1.54) is 0 Å². The summed E-state index contributed by atoms with van der Waals surface area (Å²) in [6.07, 6.45) is -4.94. The van der Waals surface area contributed by atoms with Crippen LogP contribution >= 0.6 is 8.25 Å². The molecule has 0 aromatic heterocycles. The van der Waals surface area contributed by atoms with Crippen LogP contribution in [0.4, 0.5) is 13.2 Å². The SMILES string of the molecule is O=[P+](OCc1ccccc1)OC(F)(F)F. The van der Waals surface area contributed by atoms with Gasteiger partial charge in [-0.15, -0.1) is 17.7 Å². The predicted octanol–water partition coefficient (Wildman–Crippen LogP) is 3.40. The van der Waals surface area contributed by atoms with Gasteiger partial charge in [-0.05, 0) is 10.1 Å². The zero-order valence-electron chi connectivity index (χ0n) is 7.40. The van der Waals surface area contributed by atoms with Crippen LogP contribution in [-0.4, -0.2) is 6.36 Å². The summed E-state index contributed by atoms with van der Waals surface area (Å²) in [4.78, 5) is 0. The average molecular weight is 239 g/mol. The monoisotopic (exact) mass is 239 g/mol. The molecule has 0 bridgehead atoms. The fourth-order valence-electron chi connectivity index (χ4n) is 0.812. The first kappa shape index (κ1) is 12.1. The molecular formula is C8H7F3O3P+. The minimum absolute atomic E-state index is 0.188. The summed E-state index contributed by atoms with van der Waals surface area (Å²) in [5.41, 5.74) is 0.617. The van der Waals surface area contributed by atoms with E-state index in [2.05, 4.69) is 9.05 Å². The van der Waals surface area contributed by atoms with Gasteiger partial charge < -0.3 is 0 Å². The fourth-order valence-corrected chi connectivity index (χ4v) is 1.29. The summed E-state index contributed by atoms with van der Waals surface area (Å²) in [6.45, 7) is -0.188. The van der Waals surface area contributed by atoms with Crippen LogP contribution in [0.25, 0.3) is 0 Å². The van der Waals surface area contributed by atoms with Crippen molar-refractivity contribution in [2.75, 3.05) is 0 Å². The molecule has 0 saturated heterocycles. The standard InChI is InChI=1S/C8H7F3O3P/c9-8(10,11)14-15(12)13-6-7-4-2-1-3-5-7/h1-5H,6H2/q+1. The van der Waals surface area contributed by atoms with Crippen molar-refractivity contribution in [2.24, 2.45) is 0 Å². The van der Waals surface area contributed by atoms with E-state index in [1.807, 2.05) is 0 Å². The highest BCUT2D eigenvalue weighted by Gasteiger charge is 2.43. The van der Waals surface area contributed by atoms with Crippen LogP contribution in [0.2, 0.25) is 0 Å². The minimum Gasteiger partial charge on any atom is -0.141 e. The molecule has 0 fully saturated rings. The van der Waals surface area contributed by atoms with E-state index in [0.717, 1.165) is 0 Å². The van der Waals surface area contributed by atoms with Crippen LogP contribution in [0.3, 0.4) is 0 Å². The summed E-state index contributed by atoms with van der Waals surface area (Å²) in [5.74, 6) is 0. The lowest BCUT2D eigenvalue weighted by molar-refractivity contribution is -0.275. The number of hydrogen-bond acceptors (Lipinski definition) is 3. The first-order valence-electron chi connectivity index (χ1n) is 3.87. The molecule has 7 heteroatoms. The van der Waals surface area contributed by atoms with Gasteiger partial charge >= 0.3 is 14.6 Å². The van der Waals surface area contributed by atoms with E-state index in [-0.39, 0.29) is 6.61 Å². The molecule has 0 saturated carbocycles. The predicted molar refractivity (Wildman–Crippen MR) is 46.0 cm³/mol. The highest BCUT2D eigenvalue weighted by molar-refractivity contribution is 7.33. The van der Waals surface area contributed by atoms with E-state index in [9.17, 15) is 17.7 Å². The Morgan fingerprint density at radius 2 is 1.80 bits per heavy atom. The Balaban J connectivity index is 2.35. The third kappa shape index (κ3) is 5.47. The molecule has 1 aromatic carbocycles. The summed E-state index contributed by atoms with van der Waals surface area (Å²) in [6, 6.07) is 8.40. The molecule has 0 spiro atoms. The van der Waals surface area contributed by atoms with Crippen LogP contribution in [0.1, 0.15) is 5.56 Å². The smallest absolute Gasteiger partial charge is 0.141 e. The second-order valence-corrected chi connectivity index (χ2v) is 3.41. The maximum absolute atomic E-state index is 11.5. The molecule has 0 aliphatic rings. The number of rotatable bonds is 4. The summed E-state index contributed by atoms with van der Waals surface area (Å²) < 4.78 is 52.8. The van der Waals surface area contributed by atoms with E-state index < -0.39 is 14.6 Å². The average Bonchev–Trinajstić information content (AvgIpc) is 2.14. The van der Waals surface area contributed by atoms with E-state index in [1.54, 1.807) is 30.3 Å². The molecule has 0 radical (unpaired) electrons. The van der Waals surface area contributed by atoms with Gasteiger partial charge in [0.1, 0.15) is 6.61 Å². The van der Waals surface area contributed by atoms with Gasteiger partial charge in [0.25, 0.3) is 0 Å². The summed E-state index contributed by atoms with van der Waals surface area (Å²) in [5, 5.41) is 0. The molecule has 1 aromatic rings. The third-order valence-corrected chi connectivity index (χ3v) is 2.05. The summed E-state index contributed by atoms with van der Waals surface area (Å²) >= 11 is 0. The molecule has 0 aliphatic carbocycles. The molecule has 3 nitrogen and oxygen atoms in total. The van der Waals surface area contributed by atoms with Crippen molar-refractivity contribution in [1.82, 2.24) is 0 Å². The molecule has 0 heterocycles. The molecule has 82 valence electrons. The van der Waals surface area contributed by atoms with Gasteiger partial charge in [0.2, 0.25) is 0 Å². The second-order valence-electron chi connectivity index (χ2n) is 2.52. The molecular weight excluding hydrogens is 232 g/mol. The molecule has 1 atom stereocenters. The van der Waals surface area contributed by atoms with E-state index in [4.69, 9.17) is 0 Å². The van der Waals surface area contributed by atoms with Crippen molar-refractivity contribution in [3.8, 4) is 0 Å². The van der Waals surface area contributed by atoms with Crippen molar-refractivity contribution < 1.29 is 26.8 Å². The Labute approximate surface area is 84.8 Å². The first-order chi connectivity index (χ1) is 6.97. The zero-order valence-corrected chi connectivity index (χ0v) is 8.29. The van der Waals surface area contributed by atoms with E-state index >= 15 is 0 Å². The topological polar surface area (TPSA) is 35.5 Å². The first-order valence-corrected chi connectivity index (χ1v) is 4.97. The van der Waals surface area contributed by atoms with Crippen LogP contribution in [-0.2, 0) is 20.2 Å². The van der Waals surface area contributed by atoms with Crippen molar-refractivity contribution in [3.63, 3.8) is 0 Å². The highest BCUT2D eigenvalue weighted by Crippen LogP contribution is 2.34. The third-order valence-electron chi connectivity index (χ3n) is 1.36. The second kappa shape index (κ2) is 5.21. The van der Waals surface area contributed by atoms with Crippen LogP contribution in [0.5, 0.6) is 0 Å². The molecule has 0 amide bonds. The minimum atomic E-state index is -4.94. The molecule has 1 unspecified atom stereocenters. The Hall–Kier alpha value is -0.970. The maximum atomic E-state index is 11.5. The normalized spacial score (nSPS) is 12.6. The molecule has 0 aliphatic heterocycles. The number of alkyl halides is 3.